The summed E-state index contributed by atoms with van der Waals surface area (Å²) in [5.74, 6) is 1.49. The molecule has 2 heterocycles. The fraction of sp³-hybridized carbons (Fsp3) is 0.278. The smallest absolute Gasteiger partial charge is 0.246 e. The fourth-order valence-electron chi connectivity index (χ4n) is 2.42. The van der Waals surface area contributed by atoms with Crippen LogP contribution in [0.5, 0.6) is 11.5 Å². The molecule has 1 aromatic heterocycles. The zero-order chi connectivity index (χ0) is 16.1. The number of rotatable bonds is 5. The van der Waals surface area contributed by atoms with Crippen LogP contribution in [0, 0.1) is 0 Å². The van der Waals surface area contributed by atoms with Gasteiger partial charge in [-0.25, -0.2) is 0 Å². The largest absolute Gasteiger partial charge is 0.486 e. The summed E-state index contributed by atoms with van der Waals surface area (Å²) in [7, 11) is 0. The molecule has 120 valence electrons. The van der Waals surface area contributed by atoms with E-state index in [4.69, 9.17) is 9.47 Å². The standard InChI is InChI=1S/C18H19NO3S/c1-2-19(18(20)10-9-15-6-5-11-23-15)12-14-13-21-16-7-3-4-8-17(16)22-14/h3-11,14H,2,12-13H2,1H3/b10-9+. The van der Waals surface area contributed by atoms with Crippen molar-refractivity contribution in [3.63, 3.8) is 0 Å². The number of carbonyl (C=O) groups excluding carboxylic acids is 1. The van der Waals surface area contributed by atoms with Gasteiger partial charge in [-0.2, -0.15) is 0 Å². The second kappa shape index (κ2) is 7.33. The van der Waals surface area contributed by atoms with Gasteiger partial charge in [-0.05, 0) is 36.6 Å². The van der Waals surface area contributed by atoms with E-state index in [-0.39, 0.29) is 12.0 Å². The first-order valence-electron chi connectivity index (χ1n) is 7.65. The first-order chi connectivity index (χ1) is 11.3. The number of thiophene rings is 1. The predicted molar refractivity (Wildman–Crippen MR) is 92.0 cm³/mol. The molecule has 3 rings (SSSR count). The molecule has 0 fully saturated rings. The first-order valence-corrected chi connectivity index (χ1v) is 8.53. The maximum atomic E-state index is 12.3. The maximum Gasteiger partial charge on any atom is 0.246 e. The summed E-state index contributed by atoms with van der Waals surface area (Å²) < 4.78 is 11.6. The Hall–Kier alpha value is -2.27. The summed E-state index contributed by atoms with van der Waals surface area (Å²) in [5, 5.41) is 1.99. The minimum Gasteiger partial charge on any atom is -0.486 e. The van der Waals surface area contributed by atoms with Crippen molar-refractivity contribution in [2.75, 3.05) is 19.7 Å². The van der Waals surface area contributed by atoms with Crippen LogP contribution in [0.15, 0.2) is 47.9 Å². The molecule has 1 aliphatic heterocycles. The molecular weight excluding hydrogens is 310 g/mol. The molecule has 1 atom stereocenters. The summed E-state index contributed by atoms with van der Waals surface area (Å²) in [5.41, 5.74) is 0. The number of amides is 1. The number of benzene rings is 1. The molecule has 1 amide bonds. The summed E-state index contributed by atoms with van der Waals surface area (Å²) >= 11 is 1.61. The molecule has 0 N–H and O–H groups in total. The molecule has 0 saturated heterocycles. The van der Waals surface area contributed by atoms with E-state index in [0.717, 1.165) is 16.4 Å². The molecule has 0 spiro atoms. The Morgan fingerprint density at radius 3 is 2.87 bits per heavy atom. The lowest BCUT2D eigenvalue weighted by Gasteiger charge is -2.30. The van der Waals surface area contributed by atoms with Crippen LogP contribution in [0.3, 0.4) is 0 Å². The van der Waals surface area contributed by atoms with Gasteiger partial charge >= 0.3 is 0 Å². The Labute approximate surface area is 140 Å². The molecular formula is C18H19NO3S. The van der Waals surface area contributed by atoms with Gasteiger partial charge in [-0.1, -0.05) is 18.2 Å². The van der Waals surface area contributed by atoms with E-state index in [1.54, 1.807) is 22.3 Å². The van der Waals surface area contributed by atoms with Gasteiger partial charge in [0.05, 0.1) is 6.54 Å². The van der Waals surface area contributed by atoms with Gasteiger partial charge in [-0.15, -0.1) is 11.3 Å². The van der Waals surface area contributed by atoms with Crippen LogP contribution in [-0.4, -0.2) is 36.6 Å². The highest BCUT2D eigenvalue weighted by molar-refractivity contribution is 7.10. The third kappa shape index (κ3) is 3.93. The van der Waals surface area contributed by atoms with Crippen LogP contribution in [0.1, 0.15) is 11.8 Å². The third-order valence-corrected chi connectivity index (χ3v) is 4.46. The van der Waals surface area contributed by atoms with Gasteiger partial charge in [0.2, 0.25) is 5.91 Å². The summed E-state index contributed by atoms with van der Waals surface area (Å²) in [6, 6.07) is 11.6. The molecule has 23 heavy (non-hydrogen) atoms. The topological polar surface area (TPSA) is 38.8 Å². The fourth-order valence-corrected chi connectivity index (χ4v) is 3.04. The number of hydrogen-bond donors (Lipinski definition) is 0. The second-order valence-corrected chi connectivity index (χ2v) is 6.20. The van der Waals surface area contributed by atoms with E-state index in [0.29, 0.717) is 19.7 Å². The Kier molecular flexibility index (Phi) is 4.98. The highest BCUT2D eigenvalue weighted by atomic mass is 32.1. The predicted octanol–water partition coefficient (Wildman–Crippen LogP) is 3.45. The Morgan fingerprint density at radius 2 is 2.13 bits per heavy atom. The highest BCUT2D eigenvalue weighted by Gasteiger charge is 2.23. The van der Waals surface area contributed by atoms with E-state index >= 15 is 0 Å². The van der Waals surface area contributed by atoms with E-state index in [2.05, 4.69) is 0 Å². The van der Waals surface area contributed by atoms with Crippen molar-refractivity contribution >= 4 is 23.3 Å². The van der Waals surface area contributed by atoms with Crippen LogP contribution < -0.4 is 9.47 Å². The summed E-state index contributed by atoms with van der Waals surface area (Å²) in [4.78, 5) is 15.2. The molecule has 1 aromatic carbocycles. The minimum atomic E-state index is -0.149. The van der Waals surface area contributed by atoms with Crippen LogP contribution in [0.25, 0.3) is 6.08 Å². The van der Waals surface area contributed by atoms with Crippen molar-refractivity contribution in [1.29, 1.82) is 0 Å². The molecule has 5 heteroatoms. The van der Waals surface area contributed by atoms with Crippen molar-refractivity contribution in [3.8, 4) is 11.5 Å². The minimum absolute atomic E-state index is 0.0108. The van der Waals surface area contributed by atoms with Gasteiger partial charge in [0.15, 0.2) is 17.6 Å². The normalized spacial score (nSPS) is 16.5. The summed E-state index contributed by atoms with van der Waals surface area (Å²) in [6.07, 6.45) is 3.32. The quantitative estimate of drug-likeness (QED) is 0.789. The molecule has 1 unspecified atom stereocenters. The van der Waals surface area contributed by atoms with Crippen molar-refractivity contribution in [1.82, 2.24) is 4.90 Å². The number of likely N-dealkylation sites (N-methyl/N-ethyl adjacent to an activating group) is 1. The molecule has 0 aliphatic carbocycles. The van der Waals surface area contributed by atoms with Crippen LogP contribution in [-0.2, 0) is 4.79 Å². The number of hydrogen-bond acceptors (Lipinski definition) is 4. The van der Waals surface area contributed by atoms with Crippen molar-refractivity contribution < 1.29 is 14.3 Å². The molecule has 0 bridgehead atoms. The van der Waals surface area contributed by atoms with Crippen molar-refractivity contribution in [2.45, 2.75) is 13.0 Å². The SMILES string of the molecule is CCN(CC1COc2ccccc2O1)C(=O)/C=C/c1cccs1. The molecule has 0 saturated carbocycles. The van der Waals surface area contributed by atoms with Crippen LogP contribution in [0.2, 0.25) is 0 Å². The number of para-hydroxylation sites is 2. The Balaban J connectivity index is 1.60. The maximum absolute atomic E-state index is 12.3. The first kappa shape index (κ1) is 15.6. The average molecular weight is 329 g/mol. The zero-order valence-corrected chi connectivity index (χ0v) is 13.8. The van der Waals surface area contributed by atoms with Crippen molar-refractivity contribution in [3.05, 3.63) is 52.7 Å². The molecule has 2 aromatic rings. The van der Waals surface area contributed by atoms with E-state index in [9.17, 15) is 4.79 Å². The summed E-state index contributed by atoms with van der Waals surface area (Å²) in [6.45, 7) is 3.57. The highest BCUT2D eigenvalue weighted by Crippen LogP contribution is 2.31. The van der Waals surface area contributed by atoms with Gasteiger partial charge < -0.3 is 14.4 Å². The number of fused-ring (bicyclic) bond motifs is 1. The van der Waals surface area contributed by atoms with Crippen LogP contribution >= 0.6 is 11.3 Å². The number of nitrogens with zero attached hydrogens (tertiary/aromatic N) is 1. The Bertz CT molecular complexity index is 681. The van der Waals surface area contributed by atoms with E-state index in [1.165, 1.54) is 0 Å². The molecule has 4 nitrogen and oxygen atoms in total. The lowest BCUT2D eigenvalue weighted by atomic mass is 10.2. The molecule has 1 aliphatic rings. The van der Waals surface area contributed by atoms with Gasteiger partial charge in [0, 0.05) is 17.5 Å². The van der Waals surface area contributed by atoms with Gasteiger partial charge in [0.25, 0.3) is 0 Å². The monoisotopic (exact) mass is 329 g/mol. The molecule has 0 radical (unpaired) electrons. The van der Waals surface area contributed by atoms with E-state index < -0.39 is 0 Å². The number of ether oxygens (including phenoxy) is 2. The lowest BCUT2D eigenvalue weighted by molar-refractivity contribution is -0.127. The third-order valence-electron chi connectivity index (χ3n) is 3.62. The lowest BCUT2D eigenvalue weighted by Crippen LogP contribution is -2.43. The zero-order valence-electron chi connectivity index (χ0n) is 13.0. The average Bonchev–Trinajstić information content (AvgIpc) is 3.11. The van der Waals surface area contributed by atoms with Crippen molar-refractivity contribution in [2.24, 2.45) is 0 Å². The van der Waals surface area contributed by atoms with Gasteiger partial charge in [-0.3, -0.25) is 4.79 Å². The van der Waals surface area contributed by atoms with Crippen LogP contribution in [0.4, 0.5) is 0 Å². The number of carbonyl (C=O) groups is 1. The van der Waals surface area contributed by atoms with E-state index in [1.807, 2.05) is 54.8 Å². The Morgan fingerprint density at radius 1 is 1.30 bits per heavy atom. The second-order valence-electron chi connectivity index (χ2n) is 5.22. The van der Waals surface area contributed by atoms with Gasteiger partial charge in [0.1, 0.15) is 6.61 Å².